The molecule has 3 rings (SSSR count). The van der Waals surface area contributed by atoms with Crippen molar-refractivity contribution in [3.05, 3.63) is 54.1 Å². The average Bonchev–Trinajstić information content (AvgIpc) is 2.98. The summed E-state index contributed by atoms with van der Waals surface area (Å²) >= 11 is 1.60. The van der Waals surface area contributed by atoms with E-state index >= 15 is 0 Å². The molecule has 1 heterocycles. The molecule has 5 nitrogen and oxygen atoms in total. The Morgan fingerprint density at radius 1 is 1.00 bits per heavy atom. The van der Waals surface area contributed by atoms with Gasteiger partial charge in [-0.15, -0.1) is 11.8 Å². The zero-order valence-corrected chi connectivity index (χ0v) is 17.0. The molecular weight excluding hydrogens is 380 g/mol. The van der Waals surface area contributed by atoms with E-state index in [1.165, 1.54) is 12.1 Å². The molecule has 2 aromatic rings. The molecule has 1 aliphatic heterocycles. The Kier molecular flexibility index (Phi) is 6.57. The number of benzene rings is 2. The number of sulfonamides is 1. The van der Waals surface area contributed by atoms with E-state index < -0.39 is 10.0 Å². The Labute approximate surface area is 165 Å². The van der Waals surface area contributed by atoms with Gasteiger partial charge in [0, 0.05) is 29.2 Å². The van der Waals surface area contributed by atoms with E-state index in [2.05, 4.69) is 5.32 Å². The molecule has 27 heavy (non-hydrogen) atoms. The molecule has 144 valence electrons. The number of nitrogens with zero attached hydrogens (tertiary/aromatic N) is 1. The van der Waals surface area contributed by atoms with Gasteiger partial charge in [0.2, 0.25) is 10.0 Å². The van der Waals surface area contributed by atoms with Gasteiger partial charge in [-0.1, -0.05) is 18.9 Å². The monoisotopic (exact) mass is 404 g/mol. The summed E-state index contributed by atoms with van der Waals surface area (Å²) < 4.78 is 27.2. The van der Waals surface area contributed by atoms with E-state index in [-0.39, 0.29) is 10.8 Å². The predicted molar refractivity (Wildman–Crippen MR) is 110 cm³/mol. The quantitative estimate of drug-likeness (QED) is 0.758. The minimum absolute atomic E-state index is 0.241. The second-order valence-electron chi connectivity index (χ2n) is 6.53. The molecule has 0 saturated carbocycles. The summed E-state index contributed by atoms with van der Waals surface area (Å²) in [5, 5.41) is 2.85. The van der Waals surface area contributed by atoms with E-state index in [0.717, 1.165) is 30.6 Å². The summed E-state index contributed by atoms with van der Waals surface area (Å²) in [5.41, 5.74) is 1.15. The zero-order valence-electron chi connectivity index (χ0n) is 15.3. The third-order valence-corrected chi connectivity index (χ3v) is 7.29. The number of thioether (sulfide) groups is 1. The fourth-order valence-corrected chi connectivity index (χ4v) is 5.09. The highest BCUT2D eigenvalue weighted by molar-refractivity contribution is 7.98. The third kappa shape index (κ3) is 4.91. The van der Waals surface area contributed by atoms with E-state index in [0.29, 0.717) is 24.3 Å². The number of nitrogens with one attached hydrogen (secondary N) is 1. The second kappa shape index (κ2) is 8.91. The molecule has 1 fully saturated rings. The number of amides is 1. The van der Waals surface area contributed by atoms with Gasteiger partial charge in [0.25, 0.3) is 5.91 Å². The van der Waals surface area contributed by atoms with Crippen molar-refractivity contribution in [3.8, 4) is 0 Å². The molecule has 1 amide bonds. The van der Waals surface area contributed by atoms with Crippen LogP contribution in [0.25, 0.3) is 0 Å². The minimum atomic E-state index is -3.50. The Morgan fingerprint density at radius 3 is 2.30 bits per heavy atom. The molecular formula is C20H24N2O3S2. The van der Waals surface area contributed by atoms with Crippen molar-refractivity contribution in [2.75, 3.05) is 24.7 Å². The highest BCUT2D eigenvalue weighted by Crippen LogP contribution is 2.22. The van der Waals surface area contributed by atoms with Crippen molar-refractivity contribution < 1.29 is 13.2 Å². The van der Waals surface area contributed by atoms with Crippen molar-refractivity contribution in [2.45, 2.75) is 35.5 Å². The molecule has 0 aliphatic carbocycles. The number of carbonyl (C=O) groups is 1. The number of hydrogen-bond donors (Lipinski definition) is 1. The average molecular weight is 405 g/mol. The van der Waals surface area contributed by atoms with E-state index in [9.17, 15) is 13.2 Å². The minimum Gasteiger partial charge on any atom is -0.322 e. The Balaban J connectivity index is 1.73. The summed E-state index contributed by atoms with van der Waals surface area (Å²) in [6.45, 7) is 1.13. The number of carbonyl (C=O) groups excluding carboxylic acids is 1. The van der Waals surface area contributed by atoms with Gasteiger partial charge in [0.15, 0.2) is 0 Å². The van der Waals surface area contributed by atoms with Gasteiger partial charge in [-0.25, -0.2) is 8.42 Å². The maximum atomic E-state index is 12.8. The SMILES string of the molecule is CSc1cccc(NC(=O)c2ccc(S(=O)(=O)N3CCCCCC3)cc2)c1. The van der Waals surface area contributed by atoms with Gasteiger partial charge in [-0.05, 0) is 61.6 Å². The van der Waals surface area contributed by atoms with Crippen LogP contribution in [0.1, 0.15) is 36.0 Å². The lowest BCUT2D eigenvalue weighted by molar-refractivity contribution is 0.102. The molecule has 1 saturated heterocycles. The Morgan fingerprint density at radius 2 is 1.67 bits per heavy atom. The van der Waals surface area contributed by atoms with Crippen LogP contribution in [0.4, 0.5) is 5.69 Å². The fourth-order valence-electron chi connectivity index (χ4n) is 3.11. The van der Waals surface area contributed by atoms with Crippen LogP contribution < -0.4 is 5.32 Å². The van der Waals surface area contributed by atoms with Gasteiger partial charge in [-0.3, -0.25) is 4.79 Å². The second-order valence-corrected chi connectivity index (χ2v) is 9.35. The molecule has 0 aromatic heterocycles. The van der Waals surface area contributed by atoms with Crippen LogP contribution in [0.5, 0.6) is 0 Å². The van der Waals surface area contributed by atoms with Gasteiger partial charge in [-0.2, -0.15) is 4.31 Å². The molecule has 0 atom stereocenters. The normalized spacial score (nSPS) is 15.9. The van der Waals surface area contributed by atoms with E-state index in [4.69, 9.17) is 0 Å². The number of rotatable bonds is 5. The lowest BCUT2D eigenvalue weighted by Crippen LogP contribution is -2.31. The van der Waals surface area contributed by atoms with Gasteiger partial charge >= 0.3 is 0 Å². The standard InChI is InChI=1S/C20H24N2O3S2/c1-26-18-8-6-7-17(15-18)21-20(23)16-9-11-19(12-10-16)27(24,25)22-13-4-2-3-5-14-22/h6-12,15H,2-5,13-14H2,1H3,(H,21,23). The lowest BCUT2D eigenvalue weighted by atomic mass is 10.2. The van der Waals surface area contributed by atoms with Gasteiger partial charge in [0.1, 0.15) is 0 Å². The van der Waals surface area contributed by atoms with E-state index in [1.54, 1.807) is 28.2 Å². The first kappa shape index (κ1) is 19.9. The molecule has 2 aromatic carbocycles. The third-order valence-electron chi connectivity index (χ3n) is 4.65. The van der Waals surface area contributed by atoms with Crippen molar-refractivity contribution in [3.63, 3.8) is 0 Å². The first-order valence-corrected chi connectivity index (χ1v) is 11.7. The summed E-state index contributed by atoms with van der Waals surface area (Å²) in [5.74, 6) is -0.257. The molecule has 1 aliphatic rings. The highest BCUT2D eigenvalue weighted by atomic mass is 32.2. The van der Waals surface area contributed by atoms with Crippen LogP contribution in [-0.4, -0.2) is 38.0 Å². The highest BCUT2D eigenvalue weighted by Gasteiger charge is 2.25. The lowest BCUT2D eigenvalue weighted by Gasteiger charge is -2.20. The molecule has 7 heteroatoms. The van der Waals surface area contributed by atoms with Crippen LogP contribution in [0.2, 0.25) is 0 Å². The molecule has 1 N–H and O–H groups in total. The van der Waals surface area contributed by atoms with Crippen LogP contribution in [0, 0.1) is 0 Å². The van der Waals surface area contributed by atoms with E-state index in [1.807, 2.05) is 30.5 Å². The van der Waals surface area contributed by atoms with Gasteiger partial charge in [0.05, 0.1) is 4.90 Å². The summed E-state index contributed by atoms with van der Waals surface area (Å²) in [4.78, 5) is 13.7. The van der Waals surface area contributed by atoms with Crippen molar-refractivity contribution in [2.24, 2.45) is 0 Å². The Bertz CT molecular complexity index is 888. The van der Waals surface area contributed by atoms with Crippen molar-refractivity contribution in [1.82, 2.24) is 4.31 Å². The number of hydrogen-bond acceptors (Lipinski definition) is 4. The van der Waals surface area contributed by atoms with Crippen molar-refractivity contribution in [1.29, 1.82) is 0 Å². The molecule has 0 bridgehead atoms. The topological polar surface area (TPSA) is 66.5 Å². The number of anilines is 1. The molecule has 0 unspecified atom stereocenters. The van der Waals surface area contributed by atoms with Crippen LogP contribution in [0.15, 0.2) is 58.3 Å². The smallest absolute Gasteiger partial charge is 0.255 e. The summed E-state index contributed by atoms with van der Waals surface area (Å²) in [6, 6.07) is 13.8. The maximum Gasteiger partial charge on any atom is 0.255 e. The van der Waals surface area contributed by atoms with Gasteiger partial charge < -0.3 is 5.32 Å². The summed E-state index contributed by atoms with van der Waals surface area (Å²) in [7, 11) is -3.50. The van der Waals surface area contributed by atoms with Crippen LogP contribution >= 0.6 is 11.8 Å². The largest absolute Gasteiger partial charge is 0.322 e. The molecule has 0 spiro atoms. The first-order chi connectivity index (χ1) is 13.0. The van der Waals surface area contributed by atoms with Crippen LogP contribution in [-0.2, 0) is 10.0 Å². The molecule has 0 radical (unpaired) electrons. The maximum absolute atomic E-state index is 12.8. The first-order valence-electron chi connectivity index (χ1n) is 9.06. The predicted octanol–water partition coefficient (Wildman–Crippen LogP) is 4.23. The summed E-state index contributed by atoms with van der Waals surface area (Å²) in [6.07, 6.45) is 5.92. The Hall–Kier alpha value is -1.83. The van der Waals surface area contributed by atoms with Crippen LogP contribution in [0.3, 0.4) is 0 Å². The zero-order chi connectivity index (χ0) is 19.3. The fraction of sp³-hybridized carbons (Fsp3) is 0.350. The van der Waals surface area contributed by atoms with Crippen molar-refractivity contribution >= 4 is 33.4 Å².